The molecule has 0 saturated heterocycles. The summed E-state index contributed by atoms with van der Waals surface area (Å²) in [5.74, 6) is -1.08. The number of benzene rings is 2. The molecule has 1 unspecified atom stereocenters. The highest BCUT2D eigenvalue weighted by Gasteiger charge is 2.18. The lowest BCUT2D eigenvalue weighted by atomic mass is 10.1. The van der Waals surface area contributed by atoms with Crippen molar-refractivity contribution in [3.8, 4) is 0 Å². The van der Waals surface area contributed by atoms with Crippen LogP contribution in [0.25, 0.3) is 5.65 Å². The zero-order valence-electron chi connectivity index (χ0n) is 18.0. The molecule has 0 bridgehead atoms. The molecule has 2 amide bonds. The molecule has 4 aromatic rings. The van der Waals surface area contributed by atoms with Crippen LogP contribution in [-0.2, 0) is 11.3 Å². The maximum absolute atomic E-state index is 12.6. The molecule has 2 heterocycles. The molecule has 11 heteroatoms. The monoisotopic (exact) mass is 460 g/mol. The number of nitrogens with zero attached hydrogens (tertiary/aromatic N) is 4. The Balaban J connectivity index is 1.42. The molecule has 0 radical (unpaired) electrons. The summed E-state index contributed by atoms with van der Waals surface area (Å²) in [6.07, 6.45) is 1.64. The van der Waals surface area contributed by atoms with Gasteiger partial charge in [-0.25, -0.2) is 9.48 Å². The molecule has 0 aliphatic carbocycles. The summed E-state index contributed by atoms with van der Waals surface area (Å²) >= 11 is 0. The van der Waals surface area contributed by atoms with Crippen LogP contribution in [0, 0.1) is 10.1 Å². The topological polar surface area (TPSA) is 141 Å². The Hall–Kier alpha value is -4.80. The van der Waals surface area contributed by atoms with E-state index in [1.807, 2.05) is 0 Å². The Labute approximate surface area is 192 Å². The minimum Gasteiger partial charge on any atom is -0.341 e. The van der Waals surface area contributed by atoms with Crippen molar-refractivity contribution < 1.29 is 14.5 Å². The van der Waals surface area contributed by atoms with Gasteiger partial charge in [0.2, 0.25) is 5.91 Å². The van der Waals surface area contributed by atoms with Crippen LogP contribution in [0.5, 0.6) is 0 Å². The Morgan fingerprint density at radius 3 is 2.65 bits per heavy atom. The van der Waals surface area contributed by atoms with Gasteiger partial charge in [-0.2, -0.15) is 0 Å². The van der Waals surface area contributed by atoms with E-state index in [1.165, 1.54) is 34.2 Å². The van der Waals surface area contributed by atoms with Crippen molar-refractivity contribution in [2.75, 3.05) is 5.32 Å². The van der Waals surface area contributed by atoms with E-state index in [0.29, 0.717) is 11.3 Å². The second-order valence-corrected chi connectivity index (χ2v) is 7.56. The summed E-state index contributed by atoms with van der Waals surface area (Å²) in [4.78, 5) is 47.8. The van der Waals surface area contributed by atoms with Crippen LogP contribution in [-0.4, -0.2) is 37.0 Å². The highest BCUT2D eigenvalue weighted by Crippen LogP contribution is 2.14. The summed E-state index contributed by atoms with van der Waals surface area (Å²) in [6.45, 7) is 1.72. The van der Waals surface area contributed by atoms with Gasteiger partial charge in [0.05, 0.1) is 11.5 Å². The Kier molecular flexibility index (Phi) is 6.17. The van der Waals surface area contributed by atoms with E-state index in [0.717, 1.165) is 11.6 Å². The molecule has 4 rings (SSSR count). The second-order valence-electron chi connectivity index (χ2n) is 7.56. The minimum absolute atomic E-state index is 0.0775. The number of anilines is 1. The predicted octanol–water partition coefficient (Wildman–Crippen LogP) is 2.21. The Bertz CT molecular complexity index is 1460. The van der Waals surface area contributed by atoms with Crippen molar-refractivity contribution >= 4 is 28.8 Å². The van der Waals surface area contributed by atoms with Crippen LogP contribution in [0.3, 0.4) is 0 Å². The molecule has 0 aliphatic heterocycles. The van der Waals surface area contributed by atoms with Crippen LogP contribution in [0.15, 0.2) is 77.7 Å². The fourth-order valence-corrected chi connectivity index (χ4v) is 3.35. The number of fused-ring (bicyclic) bond motifs is 1. The van der Waals surface area contributed by atoms with E-state index in [-0.39, 0.29) is 23.5 Å². The van der Waals surface area contributed by atoms with Gasteiger partial charge in [-0.3, -0.25) is 24.1 Å². The average Bonchev–Trinajstić information content (AvgIpc) is 3.14. The number of hydrogen-bond donors (Lipinski definition) is 2. The molecule has 0 fully saturated rings. The number of nitrogens with one attached hydrogen (secondary N) is 2. The Morgan fingerprint density at radius 2 is 1.88 bits per heavy atom. The number of carbonyl (C=O) groups excluding carboxylic acids is 2. The molecule has 11 nitrogen and oxygen atoms in total. The number of nitro benzene ring substituents is 1. The summed E-state index contributed by atoms with van der Waals surface area (Å²) < 4.78 is 2.77. The third-order valence-electron chi connectivity index (χ3n) is 5.08. The third-order valence-corrected chi connectivity index (χ3v) is 5.08. The van der Waals surface area contributed by atoms with Gasteiger partial charge in [0.25, 0.3) is 11.6 Å². The normalized spacial score (nSPS) is 11.7. The van der Waals surface area contributed by atoms with Gasteiger partial charge in [-0.15, -0.1) is 5.10 Å². The summed E-state index contributed by atoms with van der Waals surface area (Å²) in [7, 11) is 0. The maximum atomic E-state index is 12.6. The van der Waals surface area contributed by atoms with Crippen molar-refractivity contribution in [1.82, 2.24) is 19.5 Å². The smallest absolute Gasteiger partial charge is 0.341 e. The van der Waals surface area contributed by atoms with Gasteiger partial charge in [0.15, 0.2) is 5.65 Å². The van der Waals surface area contributed by atoms with E-state index >= 15 is 0 Å². The van der Waals surface area contributed by atoms with Crippen LogP contribution < -0.4 is 16.3 Å². The number of pyridine rings is 1. The number of aromatic nitrogens is 3. The minimum atomic E-state index is -0.906. The van der Waals surface area contributed by atoms with Crippen molar-refractivity contribution in [1.29, 1.82) is 0 Å². The molecular weight excluding hydrogens is 440 g/mol. The van der Waals surface area contributed by atoms with E-state index < -0.39 is 22.8 Å². The van der Waals surface area contributed by atoms with Gasteiger partial charge in [-0.05, 0) is 42.8 Å². The fourth-order valence-electron chi connectivity index (χ4n) is 3.35. The number of rotatable bonds is 7. The van der Waals surface area contributed by atoms with Gasteiger partial charge >= 0.3 is 5.69 Å². The number of non-ortho nitro benzene ring substituents is 1. The van der Waals surface area contributed by atoms with Crippen LogP contribution in [0.1, 0.15) is 22.8 Å². The molecule has 0 saturated carbocycles. The first-order valence-electron chi connectivity index (χ1n) is 10.3. The zero-order chi connectivity index (χ0) is 24.2. The molecule has 0 spiro atoms. The number of amides is 2. The number of carbonyl (C=O) groups is 2. The number of nitro groups is 1. The van der Waals surface area contributed by atoms with E-state index in [1.54, 1.807) is 48.7 Å². The lowest BCUT2D eigenvalue weighted by Crippen LogP contribution is -2.41. The van der Waals surface area contributed by atoms with Crippen molar-refractivity contribution in [2.24, 2.45) is 0 Å². The fraction of sp³-hybridized carbons (Fsp3) is 0.130. The van der Waals surface area contributed by atoms with Gasteiger partial charge < -0.3 is 10.6 Å². The quantitative estimate of drug-likeness (QED) is 0.320. The first-order valence-corrected chi connectivity index (χ1v) is 10.3. The highest BCUT2D eigenvalue weighted by molar-refractivity contribution is 6.01. The molecule has 2 N–H and O–H groups in total. The first kappa shape index (κ1) is 22.4. The van der Waals surface area contributed by atoms with E-state index in [4.69, 9.17) is 0 Å². The first-order chi connectivity index (χ1) is 16.3. The third kappa shape index (κ3) is 4.83. The van der Waals surface area contributed by atoms with E-state index in [9.17, 15) is 24.5 Å². The SMILES string of the molecule is CC(NC(=O)c1cccc([N+](=O)[O-])c1)C(=O)Nc1cccc(Cn2nc3ccccn3c2=O)c1. The van der Waals surface area contributed by atoms with Crippen LogP contribution in [0.2, 0.25) is 0 Å². The number of hydrogen-bond acceptors (Lipinski definition) is 6. The standard InChI is InChI=1S/C23H20N6O5/c1-15(24-22(31)17-7-5-9-19(13-17)29(33)34)21(30)25-18-8-4-6-16(12-18)14-28-23(32)27-11-3-2-10-20(27)26-28/h2-13,15H,14H2,1H3,(H,24,31)(H,25,30). The molecule has 34 heavy (non-hydrogen) atoms. The second kappa shape index (κ2) is 9.36. The highest BCUT2D eigenvalue weighted by atomic mass is 16.6. The van der Waals surface area contributed by atoms with Gasteiger partial charge in [-0.1, -0.05) is 24.3 Å². The van der Waals surface area contributed by atoms with Crippen molar-refractivity contribution in [3.63, 3.8) is 0 Å². The molecule has 1 atom stereocenters. The van der Waals surface area contributed by atoms with Crippen LogP contribution in [0.4, 0.5) is 11.4 Å². The molecule has 172 valence electrons. The lowest BCUT2D eigenvalue weighted by molar-refractivity contribution is -0.384. The lowest BCUT2D eigenvalue weighted by Gasteiger charge is -2.14. The van der Waals surface area contributed by atoms with Crippen LogP contribution >= 0.6 is 0 Å². The van der Waals surface area contributed by atoms with Crippen molar-refractivity contribution in [2.45, 2.75) is 19.5 Å². The molecular formula is C23H20N6O5. The van der Waals surface area contributed by atoms with Gasteiger partial charge in [0, 0.05) is 29.6 Å². The zero-order valence-corrected chi connectivity index (χ0v) is 18.0. The van der Waals surface area contributed by atoms with E-state index in [2.05, 4.69) is 15.7 Å². The Morgan fingerprint density at radius 1 is 1.09 bits per heavy atom. The summed E-state index contributed by atoms with van der Waals surface area (Å²) in [6, 6.07) is 16.6. The largest absolute Gasteiger partial charge is 0.350 e. The van der Waals surface area contributed by atoms with Crippen molar-refractivity contribution in [3.05, 3.63) is 105 Å². The predicted molar refractivity (Wildman–Crippen MR) is 124 cm³/mol. The summed E-state index contributed by atoms with van der Waals surface area (Å²) in [5, 5.41) is 20.4. The average molecular weight is 460 g/mol. The maximum Gasteiger partial charge on any atom is 0.350 e. The molecule has 2 aromatic carbocycles. The molecule has 2 aromatic heterocycles. The summed E-state index contributed by atoms with van der Waals surface area (Å²) in [5.41, 5.74) is 1.35. The molecule has 0 aliphatic rings. The van der Waals surface area contributed by atoms with Gasteiger partial charge in [0.1, 0.15) is 6.04 Å².